The van der Waals surface area contributed by atoms with Crippen molar-refractivity contribution in [1.82, 2.24) is 0 Å². The topological polar surface area (TPSA) is 114 Å². The molecule has 4 N–H and O–H groups in total. The van der Waals surface area contributed by atoms with Crippen molar-refractivity contribution in [3.05, 3.63) is 77.9 Å². The summed E-state index contributed by atoms with van der Waals surface area (Å²) in [6, 6.07) is 17.1. The van der Waals surface area contributed by atoms with E-state index in [9.17, 15) is 9.59 Å². The van der Waals surface area contributed by atoms with Gasteiger partial charge in [0.25, 0.3) is 0 Å². The van der Waals surface area contributed by atoms with Gasteiger partial charge in [-0.15, -0.1) is 0 Å². The average Bonchev–Trinajstić information content (AvgIpc) is 2.70. The molecule has 0 saturated heterocycles. The predicted octanol–water partition coefficient (Wildman–Crippen LogP) is 3.30. The molecular formula is C21H18N2O5. The van der Waals surface area contributed by atoms with E-state index in [1.165, 1.54) is 25.3 Å². The highest BCUT2D eigenvalue weighted by Gasteiger charge is 2.15. The van der Waals surface area contributed by atoms with Crippen LogP contribution in [0.2, 0.25) is 0 Å². The molecule has 0 aliphatic heterocycles. The van der Waals surface area contributed by atoms with Gasteiger partial charge >= 0.3 is 11.9 Å². The van der Waals surface area contributed by atoms with Crippen molar-refractivity contribution in [2.24, 2.45) is 0 Å². The van der Waals surface area contributed by atoms with Gasteiger partial charge < -0.3 is 25.7 Å². The van der Waals surface area contributed by atoms with E-state index in [0.29, 0.717) is 22.5 Å². The Bertz CT molecular complexity index is 998. The summed E-state index contributed by atoms with van der Waals surface area (Å²) in [7, 11) is 1.42. The van der Waals surface area contributed by atoms with Gasteiger partial charge in [0.05, 0.1) is 18.2 Å². The van der Waals surface area contributed by atoms with Crippen molar-refractivity contribution in [2.45, 2.75) is 0 Å². The SMILES string of the molecule is COc1cc(OC(=O)c2ccc(N)cc2)ccc1OC(=O)c1ccc(N)cc1. The van der Waals surface area contributed by atoms with Crippen LogP contribution in [0.25, 0.3) is 0 Å². The number of nitrogens with two attached hydrogens (primary N) is 2. The van der Waals surface area contributed by atoms with Crippen LogP contribution >= 0.6 is 0 Å². The summed E-state index contributed by atoms with van der Waals surface area (Å²) in [6.45, 7) is 0. The fourth-order valence-electron chi connectivity index (χ4n) is 2.36. The lowest BCUT2D eigenvalue weighted by Crippen LogP contribution is -2.10. The van der Waals surface area contributed by atoms with Crippen LogP contribution in [0.15, 0.2) is 66.7 Å². The summed E-state index contributed by atoms with van der Waals surface area (Å²) in [4.78, 5) is 24.5. The fourth-order valence-corrected chi connectivity index (χ4v) is 2.36. The highest BCUT2D eigenvalue weighted by Crippen LogP contribution is 2.32. The van der Waals surface area contributed by atoms with Gasteiger partial charge in [-0.05, 0) is 60.7 Å². The molecular weight excluding hydrogens is 360 g/mol. The van der Waals surface area contributed by atoms with E-state index in [2.05, 4.69) is 0 Å². The fraction of sp³-hybridized carbons (Fsp3) is 0.0476. The first kappa shape index (κ1) is 18.8. The van der Waals surface area contributed by atoms with E-state index in [1.54, 1.807) is 48.5 Å². The number of carbonyl (C=O) groups is 2. The second kappa shape index (κ2) is 8.13. The van der Waals surface area contributed by atoms with E-state index >= 15 is 0 Å². The maximum Gasteiger partial charge on any atom is 0.343 e. The van der Waals surface area contributed by atoms with Crippen LogP contribution in [-0.4, -0.2) is 19.0 Å². The average molecular weight is 378 g/mol. The molecule has 142 valence electrons. The van der Waals surface area contributed by atoms with Gasteiger partial charge in [-0.25, -0.2) is 9.59 Å². The van der Waals surface area contributed by atoms with Crippen molar-refractivity contribution in [3.63, 3.8) is 0 Å². The first-order valence-corrected chi connectivity index (χ1v) is 8.30. The number of hydrogen-bond acceptors (Lipinski definition) is 7. The van der Waals surface area contributed by atoms with Crippen molar-refractivity contribution in [2.75, 3.05) is 18.6 Å². The molecule has 3 rings (SSSR count). The van der Waals surface area contributed by atoms with E-state index in [0.717, 1.165) is 0 Å². The minimum Gasteiger partial charge on any atom is -0.493 e. The van der Waals surface area contributed by atoms with E-state index in [-0.39, 0.29) is 17.2 Å². The normalized spacial score (nSPS) is 10.2. The molecule has 0 radical (unpaired) electrons. The maximum absolute atomic E-state index is 12.3. The third-order valence-electron chi connectivity index (χ3n) is 3.84. The molecule has 3 aromatic rings. The van der Waals surface area contributed by atoms with Crippen LogP contribution < -0.4 is 25.7 Å². The number of anilines is 2. The first-order valence-electron chi connectivity index (χ1n) is 8.30. The predicted molar refractivity (Wildman–Crippen MR) is 105 cm³/mol. The molecule has 0 spiro atoms. The van der Waals surface area contributed by atoms with Crippen LogP contribution in [-0.2, 0) is 0 Å². The monoisotopic (exact) mass is 378 g/mol. The standard InChI is InChI=1S/C21H18N2O5/c1-26-19-12-17(27-20(24)13-2-6-15(22)7-3-13)10-11-18(19)28-21(25)14-4-8-16(23)9-5-14/h2-12H,22-23H2,1H3. The summed E-state index contributed by atoms with van der Waals surface area (Å²) in [5.74, 6) is -0.437. The lowest BCUT2D eigenvalue weighted by atomic mass is 10.2. The molecule has 0 bridgehead atoms. The van der Waals surface area contributed by atoms with Crippen LogP contribution in [0.4, 0.5) is 11.4 Å². The molecule has 7 nitrogen and oxygen atoms in total. The quantitative estimate of drug-likeness (QED) is 0.398. The zero-order chi connectivity index (χ0) is 20.1. The zero-order valence-electron chi connectivity index (χ0n) is 15.0. The smallest absolute Gasteiger partial charge is 0.343 e. The summed E-state index contributed by atoms with van der Waals surface area (Å²) in [5.41, 5.74) is 13.0. The Kier molecular flexibility index (Phi) is 5.45. The second-order valence-corrected chi connectivity index (χ2v) is 5.84. The Labute approximate surface area is 161 Å². The Hall–Kier alpha value is -4.00. The van der Waals surface area contributed by atoms with Crippen molar-refractivity contribution >= 4 is 23.3 Å². The van der Waals surface area contributed by atoms with Gasteiger partial charge in [-0.1, -0.05) is 0 Å². The summed E-state index contributed by atoms with van der Waals surface area (Å²) in [5, 5.41) is 0. The van der Waals surface area contributed by atoms with Crippen LogP contribution in [0.3, 0.4) is 0 Å². The van der Waals surface area contributed by atoms with Crippen molar-refractivity contribution in [3.8, 4) is 17.2 Å². The molecule has 0 atom stereocenters. The molecule has 0 unspecified atom stereocenters. The van der Waals surface area contributed by atoms with Gasteiger partial charge in [0.2, 0.25) is 0 Å². The second-order valence-electron chi connectivity index (χ2n) is 5.84. The largest absolute Gasteiger partial charge is 0.493 e. The third kappa shape index (κ3) is 4.39. The molecule has 0 aliphatic carbocycles. The third-order valence-corrected chi connectivity index (χ3v) is 3.84. The molecule has 0 fully saturated rings. The van der Waals surface area contributed by atoms with Gasteiger partial charge in [0, 0.05) is 17.4 Å². The van der Waals surface area contributed by atoms with E-state index in [4.69, 9.17) is 25.7 Å². The number of ether oxygens (including phenoxy) is 3. The van der Waals surface area contributed by atoms with Crippen molar-refractivity contribution in [1.29, 1.82) is 0 Å². The Morgan fingerprint density at radius 1 is 0.679 bits per heavy atom. The summed E-state index contributed by atoms with van der Waals surface area (Å²) < 4.78 is 15.9. The number of carbonyl (C=O) groups excluding carboxylic acids is 2. The maximum atomic E-state index is 12.3. The van der Waals surface area contributed by atoms with Gasteiger partial charge in [-0.3, -0.25) is 0 Å². The molecule has 28 heavy (non-hydrogen) atoms. The van der Waals surface area contributed by atoms with E-state index < -0.39 is 11.9 Å². The number of hydrogen-bond donors (Lipinski definition) is 2. The van der Waals surface area contributed by atoms with Gasteiger partial charge in [0.15, 0.2) is 11.5 Å². The highest BCUT2D eigenvalue weighted by molar-refractivity contribution is 5.92. The Balaban J connectivity index is 1.74. The molecule has 0 aliphatic rings. The number of esters is 2. The highest BCUT2D eigenvalue weighted by atomic mass is 16.6. The van der Waals surface area contributed by atoms with Gasteiger partial charge in [-0.2, -0.15) is 0 Å². The van der Waals surface area contributed by atoms with Crippen molar-refractivity contribution < 1.29 is 23.8 Å². The molecule has 0 aromatic heterocycles. The summed E-state index contributed by atoms with van der Waals surface area (Å²) >= 11 is 0. The van der Waals surface area contributed by atoms with Gasteiger partial charge in [0.1, 0.15) is 5.75 Å². The number of benzene rings is 3. The Morgan fingerprint density at radius 2 is 1.18 bits per heavy atom. The van der Waals surface area contributed by atoms with E-state index in [1.807, 2.05) is 0 Å². The molecule has 0 heterocycles. The first-order chi connectivity index (χ1) is 13.5. The lowest BCUT2D eigenvalue weighted by molar-refractivity contribution is 0.0715. The minimum atomic E-state index is -0.565. The van der Waals surface area contributed by atoms with Crippen LogP contribution in [0.1, 0.15) is 20.7 Å². The Morgan fingerprint density at radius 3 is 1.68 bits per heavy atom. The number of nitrogen functional groups attached to an aromatic ring is 2. The van der Waals surface area contributed by atoms with Crippen LogP contribution in [0, 0.1) is 0 Å². The number of methoxy groups -OCH3 is 1. The zero-order valence-corrected chi connectivity index (χ0v) is 15.0. The minimum absolute atomic E-state index is 0.191. The molecule has 3 aromatic carbocycles. The number of rotatable bonds is 5. The molecule has 7 heteroatoms. The van der Waals surface area contributed by atoms with Crippen LogP contribution in [0.5, 0.6) is 17.2 Å². The lowest BCUT2D eigenvalue weighted by Gasteiger charge is -2.11. The molecule has 0 saturated carbocycles. The summed E-state index contributed by atoms with van der Waals surface area (Å²) in [6.07, 6.45) is 0. The molecule has 0 amide bonds.